The van der Waals surface area contributed by atoms with E-state index in [2.05, 4.69) is 15.2 Å². The number of carbonyl (C=O) groups excluding carboxylic acids is 1. The molecule has 1 amide bonds. The first-order valence-corrected chi connectivity index (χ1v) is 7.52. The molecule has 0 radical (unpaired) electrons. The minimum atomic E-state index is 0.0660. The number of piperazine rings is 1. The van der Waals surface area contributed by atoms with Gasteiger partial charge in [0, 0.05) is 32.2 Å². The molecule has 0 bridgehead atoms. The molecule has 0 aromatic carbocycles. The molecule has 2 fully saturated rings. The Morgan fingerprint density at radius 1 is 1.40 bits per heavy atom. The van der Waals surface area contributed by atoms with Gasteiger partial charge in [-0.3, -0.25) is 9.69 Å². The monoisotopic (exact) mass is 274 g/mol. The lowest BCUT2D eigenvalue weighted by Crippen LogP contribution is -2.52. The van der Waals surface area contributed by atoms with Crippen LogP contribution >= 0.6 is 0 Å². The number of pyridine rings is 1. The topological polar surface area (TPSA) is 48.5 Å². The van der Waals surface area contributed by atoms with E-state index in [0.29, 0.717) is 11.7 Å². The predicted octanol–water partition coefficient (Wildman–Crippen LogP) is 1.43. The number of nitrogens with zero attached hydrogens (tertiary/aromatic N) is 3. The molecule has 0 spiro atoms. The second-order valence-electron chi connectivity index (χ2n) is 5.52. The van der Waals surface area contributed by atoms with Crippen LogP contribution in [-0.4, -0.2) is 59.5 Å². The normalized spacial score (nSPS) is 22.6. The molecule has 1 N–H and O–H groups in total. The molecule has 1 aromatic heterocycles. The second-order valence-corrected chi connectivity index (χ2v) is 5.52. The van der Waals surface area contributed by atoms with Gasteiger partial charge in [0.1, 0.15) is 11.5 Å². The van der Waals surface area contributed by atoms with E-state index in [0.717, 1.165) is 32.0 Å². The molecule has 2 aliphatic heterocycles. The highest BCUT2D eigenvalue weighted by Gasteiger charge is 2.33. The van der Waals surface area contributed by atoms with Crippen molar-refractivity contribution in [2.24, 2.45) is 0 Å². The van der Waals surface area contributed by atoms with Crippen LogP contribution in [0, 0.1) is 0 Å². The summed E-state index contributed by atoms with van der Waals surface area (Å²) in [7, 11) is 0. The zero-order valence-electron chi connectivity index (χ0n) is 12.0. The van der Waals surface area contributed by atoms with E-state index >= 15 is 0 Å². The first-order chi connectivity index (χ1) is 9.78. The Labute approximate surface area is 120 Å². The summed E-state index contributed by atoms with van der Waals surface area (Å²) in [6, 6.07) is 6.16. The van der Waals surface area contributed by atoms with Gasteiger partial charge in [-0.15, -0.1) is 0 Å². The molecule has 5 heteroatoms. The molecule has 1 aromatic rings. The van der Waals surface area contributed by atoms with Gasteiger partial charge in [-0.1, -0.05) is 6.07 Å². The first kappa shape index (κ1) is 13.4. The average Bonchev–Trinajstić information content (AvgIpc) is 2.94. The summed E-state index contributed by atoms with van der Waals surface area (Å²) >= 11 is 0. The number of amides is 1. The van der Waals surface area contributed by atoms with Gasteiger partial charge in [0.25, 0.3) is 5.91 Å². The van der Waals surface area contributed by atoms with E-state index in [1.807, 2.05) is 30.0 Å². The van der Waals surface area contributed by atoms with Gasteiger partial charge in [0.15, 0.2) is 0 Å². The van der Waals surface area contributed by atoms with E-state index in [1.165, 1.54) is 19.4 Å². The molecular formula is C15H22N4O. The molecule has 0 saturated carbocycles. The van der Waals surface area contributed by atoms with Gasteiger partial charge >= 0.3 is 0 Å². The van der Waals surface area contributed by atoms with Crippen molar-refractivity contribution in [1.82, 2.24) is 14.8 Å². The third-order valence-electron chi connectivity index (χ3n) is 4.20. The summed E-state index contributed by atoms with van der Waals surface area (Å²) in [5, 5.41) is 3.15. The fraction of sp³-hybridized carbons (Fsp3) is 0.600. The minimum absolute atomic E-state index is 0.0660. The Kier molecular flexibility index (Phi) is 3.87. The van der Waals surface area contributed by atoms with E-state index in [4.69, 9.17) is 0 Å². The standard InChI is InChI=1S/C15H22N4O/c1-2-16-14-7-3-6-13(17-14)15(20)19-10-9-18-8-4-5-12(18)11-19/h3,6-7,12H,2,4-5,8-11H2,1H3,(H,16,17). The molecule has 108 valence electrons. The van der Waals surface area contributed by atoms with Gasteiger partial charge in [0.05, 0.1) is 0 Å². The van der Waals surface area contributed by atoms with Crippen LogP contribution in [0.1, 0.15) is 30.3 Å². The Bertz CT molecular complexity index is 491. The maximum atomic E-state index is 12.6. The fourth-order valence-corrected chi connectivity index (χ4v) is 3.17. The van der Waals surface area contributed by atoms with Gasteiger partial charge in [-0.05, 0) is 38.4 Å². The molecule has 1 unspecified atom stereocenters. The van der Waals surface area contributed by atoms with Crippen molar-refractivity contribution in [2.75, 3.05) is 38.0 Å². The Balaban J connectivity index is 1.70. The van der Waals surface area contributed by atoms with Gasteiger partial charge in [0.2, 0.25) is 0 Å². The molecule has 3 rings (SSSR count). The highest BCUT2D eigenvalue weighted by Crippen LogP contribution is 2.22. The highest BCUT2D eigenvalue weighted by molar-refractivity contribution is 5.92. The van der Waals surface area contributed by atoms with Crippen molar-refractivity contribution < 1.29 is 4.79 Å². The number of hydrogen-bond donors (Lipinski definition) is 1. The van der Waals surface area contributed by atoms with Crippen molar-refractivity contribution in [3.05, 3.63) is 23.9 Å². The molecule has 0 aliphatic carbocycles. The van der Waals surface area contributed by atoms with Crippen LogP contribution in [-0.2, 0) is 0 Å². The van der Waals surface area contributed by atoms with Crippen molar-refractivity contribution >= 4 is 11.7 Å². The summed E-state index contributed by atoms with van der Waals surface area (Å²) < 4.78 is 0. The number of rotatable bonds is 3. The summed E-state index contributed by atoms with van der Waals surface area (Å²) in [5.74, 6) is 0.842. The molecule has 1 atom stereocenters. The molecule has 5 nitrogen and oxygen atoms in total. The van der Waals surface area contributed by atoms with Gasteiger partial charge in [-0.25, -0.2) is 4.98 Å². The zero-order valence-corrected chi connectivity index (χ0v) is 12.0. The van der Waals surface area contributed by atoms with E-state index < -0.39 is 0 Å². The van der Waals surface area contributed by atoms with Crippen molar-refractivity contribution in [1.29, 1.82) is 0 Å². The molecule has 2 aliphatic rings. The number of nitrogens with one attached hydrogen (secondary N) is 1. The van der Waals surface area contributed by atoms with Crippen molar-refractivity contribution in [3.8, 4) is 0 Å². The highest BCUT2D eigenvalue weighted by atomic mass is 16.2. The van der Waals surface area contributed by atoms with Crippen molar-refractivity contribution in [3.63, 3.8) is 0 Å². The van der Waals surface area contributed by atoms with Gasteiger partial charge < -0.3 is 10.2 Å². The van der Waals surface area contributed by atoms with Crippen LogP contribution in [0.4, 0.5) is 5.82 Å². The predicted molar refractivity (Wildman–Crippen MR) is 78.9 cm³/mol. The Morgan fingerprint density at radius 2 is 2.30 bits per heavy atom. The maximum absolute atomic E-state index is 12.6. The summed E-state index contributed by atoms with van der Waals surface area (Å²) in [5.41, 5.74) is 0.551. The first-order valence-electron chi connectivity index (χ1n) is 7.52. The van der Waals surface area contributed by atoms with Crippen molar-refractivity contribution in [2.45, 2.75) is 25.8 Å². The lowest BCUT2D eigenvalue weighted by atomic mass is 10.1. The number of carbonyl (C=O) groups is 1. The molecule has 20 heavy (non-hydrogen) atoms. The lowest BCUT2D eigenvalue weighted by Gasteiger charge is -2.37. The largest absolute Gasteiger partial charge is 0.370 e. The third-order valence-corrected chi connectivity index (χ3v) is 4.20. The number of aromatic nitrogens is 1. The van der Waals surface area contributed by atoms with E-state index in [1.54, 1.807) is 0 Å². The fourth-order valence-electron chi connectivity index (χ4n) is 3.17. The van der Waals surface area contributed by atoms with Crippen LogP contribution < -0.4 is 5.32 Å². The summed E-state index contributed by atoms with van der Waals surface area (Å²) in [6.07, 6.45) is 2.48. The Hall–Kier alpha value is -1.62. The smallest absolute Gasteiger partial charge is 0.272 e. The van der Waals surface area contributed by atoms with Gasteiger partial charge in [-0.2, -0.15) is 0 Å². The van der Waals surface area contributed by atoms with Crippen LogP contribution in [0.2, 0.25) is 0 Å². The minimum Gasteiger partial charge on any atom is -0.370 e. The van der Waals surface area contributed by atoms with Crippen LogP contribution in [0.5, 0.6) is 0 Å². The average molecular weight is 274 g/mol. The zero-order chi connectivity index (χ0) is 13.9. The number of hydrogen-bond acceptors (Lipinski definition) is 4. The summed E-state index contributed by atoms with van der Waals surface area (Å²) in [6.45, 7) is 6.71. The summed E-state index contributed by atoms with van der Waals surface area (Å²) in [4.78, 5) is 21.4. The molecule has 3 heterocycles. The SMILES string of the molecule is CCNc1cccc(C(=O)N2CCN3CCCC3C2)n1. The van der Waals surface area contributed by atoms with Crippen LogP contribution in [0.3, 0.4) is 0 Å². The number of anilines is 1. The van der Waals surface area contributed by atoms with E-state index in [9.17, 15) is 4.79 Å². The number of fused-ring (bicyclic) bond motifs is 1. The second kappa shape index (κ2) is 5.79. The molecule has 2 saturated heterocycles. The van der Waals surface area contributed by atoms with Crippen LogP contribution in [0.25, 0.3) is 0 Å². The van der Waals surface area contributed by atoms with Crippen LogP contribution in [0.15, 0.2) is 18.2 Å². The quantitative estimate of drug-likeness (QED) is 0.906. The third kappa shape index (κ3) is 2.63. The maximum Gasteiger partial charge on any atom is 0.272 e. The lowest BCUT2D eigenvalue weighted by molar-refractivity contribution is 0.0566. The Morgan fingerprint density at radius 3 is 3.15 bits per heavy atom. The molecular weight excluding hydrogens is 252 g/mol. The van der Waals surface area contributed by atoms with E-state index in [-0.39, 0.29) is 5.91 Å².